The summed E-state index contributed by atoms with van der Waals surface area (Å²) in [5.41, 5.74) is 2.15. The van der Waals surface area contributed by atoms with Gasteiger partial charge in [-0.15, -0.1) is 0 Å². The zero-order valence-corrected chi connectivity index (χ0v) is 14.3. The third kappa shape index (κ3) is 4.95. The molecule has 0 spiro atoms. The molecule has 0 heterocycles. The summed E-state index contributed by atoms with van der Waals surface area (Å²) in [5.74, 6) is -0.159. The maximum Gasteiger partial charge on any atom is 0.256 e. The average Bonchev–Trinajstić information content (AvgIpc) is 2.60. The Hall–Kier alpha value is -2.62. The van der Waals surface area contributed by atoms with E-state index >= 15 is 0 Å². The summed E-state index contributed by atoms with van der Waals surface area (Å²) in [6.45, 7) is 2.57. The second-order valence-corrected chi connectivity index (χ2v) is 5.84. The van der Waals surface area contributed by atoms with Gasteiger partial charge in [0.1, 0.15) is 0 Å². The van der Waals surface area contributed by atoms with Crippen molar-refractivity contribution in [1.82, 2.24) is 4.90 Å². The number of carbonyl (C=O) groups is 2. The van der Waals surface area contributed by atoms with Gasteiger partial charge in [0.05, 0.1) is 11.3 Å². The van der Waals surface area contributed by atoms with E-state index in [1.165, 1.54) is 0 Å². The maximum absolute atomic E-state index is 12.7. The quantitative estimate of drug-likeness (QED) is 0.834. The smallest absolute Gasteiger partial charge is 0.256 e. The van der Waals surface area contributed by atoms with E-state index in [1.54, 1.807) is 24.1 Å². The van der Waals surface area contributed by atoms with Crippen molar-refractivity contribution in [3.05, 3.63) is 65.7 Å². The third-order valence-electron chi connectivity index (χ3n) is 3.80. The van der Waals surface area contributed by atoms with Gasteiger partial charge >= 0.3 is 0 Å². The molecule has 0 atom stereocenters. The van der Waals surface area contributed by atoms with Crippen LogP contribution < -0.4 is 5.32 Å². The molecule has 2 amide bonds. The van der Waals surface area contributed by atoms with Crippen LogP contribution in [0.3, 0.4) is 0 Å². The number of rotatable bonds is 7. The molecule has 4 heteroatoms. The number of anilines is 1. The second-order valence-electron chi connectivity index (χ2n) is 5.84. The van der Waals surface area contributed by atoms with Crippen LogP contribution in [0.15, 0.2) is 54.6 Å². The number of hydrogen-bond donors (Lipinski definition) is 1. The number of nitrogens with one attached hydrogen (secondary N) is 1. The molecule has 0 aromatic heterocycles. The third-order valence-corrected chi connectivity index (χ3v) is 3.80. The number of para-hydroxylation sites is 1. The lowest BCUT2D eigenvalue weighted by atomic mass is 10.1. The Morgan fingerprint density at radius 2 is 1.67 bits per heavy atom. The molecule has 1 N–H and O–H groups in total. The number of amides is 2. The van der Waals surface area contributed by atoms with Crippen LogP contribution in [0.2, 0.25) is 0 Å². The molecule has 0 aliphatic carbocycles. The van der Waals surface area contributed by atoms with Crippen LogP contribution >= 0.6 is 0 Å². The van der Waals surface area contributed by atoms with Crippen molar-refractivity contribution in [3.8, 4) is 0 Å². The summed E-state index contributed by atoms with van der Waals surface area (Å²) in [6.07, 6.45) is 2.28. The molecular weight excluding hydrogens is 300 g/mol. The van der Waals surface area contributed by atoms with Crippen LogP contribution in [-0.2, 0) is 11.3 Å². The summed E-state index contributed by atoms with van der Waals surface area (Å²) < 4.78 is 0. The molecule has 0 aliphatic heterocycles. The summed E-state index contributed by atoms with van der Waals surface area (Å²) in [6, 6.07) is 17.0. The molecule has 0 aliphatic rings. The molecule has 0 bridgehead atoms. The van der Waals surface area contributed by atoms with E-state index in [9.17, 15) is 9.59 Å². The van der Waals surface area contributed by atoms with Gasteiger partial charge in [0.15, 0.2) is 0 Å². The van der Waals surface area contributed by atoms with Crippen molar-refractivity contribution in [3.63, 3.8) is 0 Å². The highest BCUT2D eigenvalue weighted by atomic mass is 16.2. The number of unbranched alkanes of at least 4 members (excludes halogenated alkanes) is 1. The molecule has 4 nitrogen and oxygen atoms in total. The lowest BCUT2D eigenvalue weighted by Gasteiger charge is -2.19. The minimum Gasteiger partial charge on any atom is -0.337 e. The zero-order valence-electron chi connectivity index (χ0n) is 14.3. The summed E-state index contributed by atoms with van der Waals surface area (Å²) in [5, 5.41) is 2.86. The molecule has 2 aromatic carbocycles. The van der Waals surface area contributed by atoms with Crippen LogP contribution in [0.25, 0.3) is 0 Å². The van der Waals surface area contributed by atoms with Crippen LogP contribution in [0, 0.1) is 0 Å². The number of carbonyl (C=O) groups excluding carboxylic acids is 2. The lowest BCUT2D eigenvalue weighted by Crippen LogP contribution is -2.27. The Labute approximate surface area is 143 Å². The fourth-order valence-electron chi connectivity index (χ4n) is 2.46. The van der Waals surface area contributed by atoms with E-state index in [2.05, 4.69) is 5.32 Å². The first kappa shape index (κ1) is 17.7. The standard InChI is InChI=1S/C20H24N2O2/c1-3-4-14-19(23)21-18-13-9-8-12-17(18)20(24)22(2)15-16-10-6-5-7-11-16/h5-13H,3-4,14-15H2,1-2H3,(H,21,23). The first-order valence-corrected chi connectivity index (χ1v) is 8.30. The van der Waals surface area contributed by atoms with Gasteiger partial charge < -0.3 is 10.2 Å². The Kier molecular flexibility index (Phi) is 6.55. The van der Waals surface area contributed by atoms with E-state index in [0.717, 1.165) is 18.4 Å². The minimum atomic E-state index is -0.106. The second kappa shape index (κ2) is 8.87. The molecule has 0 radical (unpaired) electrons. The molecule has 24 heavy (non-hydrogen) atoms. The predicted octanol–water partition coefficient (Wildman–Crippen LogP) is 4.09. The van der Waals surface area contributed by atoms with Gasteiger partial charge in [-0.25, -0.2) is 0 Å². The first-order chi connectivity index (χ1) is 11.6. The van der Waals surface area contributed by atoms with Gasteiger partial charge in [0.25, 0.3) is 5.91 Å². The molecule has 0 saturated carbocycles. The Balaban J connectivity index is 2.10. The summed E-state index contributed by atoms with van der Waals surface area (Å²) in [4.78, 5) is 26.4. The normalized spacial score (nSPS) is 10.2. The van der Waals surface area contributed by atoms with Crippen LogP contribution in [0.5, 0.6) is 0 Å². The SMILES string of the molecule is CCCCC(=O)Nc1ccccc1C(=O)N(C)Cc1ccccc1. The molecule has 126 valence electrons. The molecule has 0 fully saturated rings. The summed E-state index contributed by atoms with van der Waals surface area (Å²) in [7, 11) is 1.77. The molecule has 2 aromatic rings. The average molecular weight is 324 g/mol. The van der Waals surface area contributed by atoms with E-state index in [0.29, 0.717) is 24.2 Å². The van der Waals surface area contributed by atoms with Crippen molar-refractivity contribution in [2.45, 2.75) is 32.7 Å². The minimum absolute atomic E-state index is 0.0530. The maximum atomic E-state index is 12.7. The Morgan fingerprint density at radius 1 is 1.00 bits per heavy atom. The Bertz CT molecular complexity index is 683. The highest BCUT2D eigenvalue weighted by Gasteiger charge is 2.17. The van der Waals surface area contributed by atoms with Crippen molar-refractivity contribution in [1.29, 1.82) is 0 Å². The van der Waals surface area contributed by atoms with Crippen molar-refractivity contribution < 1.29 is 9.59 Å². The fraction of sp³-hybridized carbons (Fsp3) is 0.300. The topological polar surface area (TPSA) is 49.4 Å². The lowest BCUT2D eigenvalue weighted by molar-refractivity contribution is -0.116. The molecular formula is C20H24N2O2. The van der Waals surface area contributed by atoms with Crippen molar-refractivity contribution in [2.75, 3.05) is 12.4 Å². The van der Waals surface area contributed by atoms with E-state index in [4.69, 9.17) is 0 Å². The highest BCUT2D eigenvalue weighted by Crippen LogP contribution is 2.18. The molecule has 0 saturated heterocycles. The van der Waals surface area contributed by atoms with E-state index < -0.39 is 0 Å². The van der Waals surface area contributed by atoms with Gasteiger partial charge in [0, 0.05) is 20.0 Å². The van der Waals surface area contributed by atoms with Crippen molar-refractivity contribution >= 4 is 17.5 Å². The molecule has 0 unspecified atom stereocenters. The first-order valence-electron chi connectivity index (χ1n) is 8.30. The van der Waals surface area contributed by atoms with Gasteiger partial charge in [-0.05, 0) is 24.1 Å². The van der Waals surface area contributed by atoms with Crippen molar-refractivity contribution in [2.24, 2.45) is 0 Å². The zero-order chi connectivity index (χ0) is 17.4. The van der Waals surface area contributed by atoms with Gasteiger partial charge in [0.2, 0.25) is 5.91 Å². The fourth-order valence-corrected chi connectivity index (χ4v) is 2.46. The Morgan fingerprint density at radius 3 is 2.38 bits per heavy atom. The predicted molar refractivity (Wildman–Crippen MR) is 96.8 cm³/mol. The van der Waals surface area contributed by atoms with Crippen LogP contribution in [-0.4, -0.2) is 23.8 Å². The van der Waals surface area contributed by atoms with E-state index in [-0.39, 0.29) is 11.8 Å². The monoisotopic (exact) mass is 324 g/mol. The van der Waals surface area contributed by atoms with Crippen LogP contribution in [0.4, 0.5) is 5.69 Å². The van der Waals surface area contributed by atoms with Gasteiger partial charge in [-0.1, -0.05) is 55.8 Å². The van der Waals surface area contributed by atoms with Gasteiger partial charge in [-0.2, -0.15) is 0 Å². The summed E-state index contributed by atoms with van der Waals surface area (Å²) >= 11 is 0. The van der Waals surface area contributed by atoms with Gasteiger partial charge in [-0.3, -0.25) is 9.59 Å². The largest absolute Gasteiger partial charge is 0.337 e. The number of nitrogens with zero attached hydrogens (tertiary/aromatic N) is 1. The van der Waals surface area contributed by atoms with Crippen LogP contribution in [0.1, 0.15) is 42.1 Å². The highest BCUT2D eigenvalue weighted by molar-refractivity contribution is 6.03. The van der Waals surface area contributed by atoms with E-state index in [1.807, 2.05) is 49.4 Å². The molecule has 2 rings (SSSR count). The number of hydrogen-bond acceptors (Lipinski definition) is 2. The number of benzene rings is 2.